The molecule has 5 heteroatoms. The second-order valence-corrected chi connectivity index (χ2v) is 9.95. The van der Waals surface area contributed by atoms with Crippen molar-refractivity contribution in [1.29, 1.82) is 0 Å². The molecule has 35 heavy (non-hydrogen) atoms. The van der Waals surface area contributed by atoms with Crippen LogP contribution < -0.4 is 0 Å². The number of amides is 1. The molecule has 0 saturated carbocycles. The third kappa shape index (κ3) is 4.96. The summed E-state index contributed by atoms with van der Waals surface area (Å²) in [5, 5.41) is 10.7. The van der Waals surface area contributed by atoms with E-state index in [9.17, 15) is 9.90 Å². The van der Waals surface area contributed by atoms with E-state index in [0.29, 0.717) is 0 Å². The predicted molar refractivity (Wildman–Crippen MR) is 142 cm³/mol. The molecule has 4 rings (SSSR count). The van der Waals surface area contributed by atoms with Crippen LogP contribution in [0.15, 0.2) is 91.0 Å². The van der Waals surface area contributed by atoms with Gasteiger partial charge in [-0.25, -0.2) is 4.79 Å². The molecule has 1 saturated heterocycles. The fourth-order valence-electron chi connectivity index (χ4n) is 4.95. The maximum absolute atomic E-state index is 13.6. The van der Waals surface area contributed by atoms with Crippen LogP contribution in [0.4, 0.5) is 4.79 Å². The number of aliphatic hydroxyl groups is 1. The Balaban J connectivity index is 1.73. The van der Waals surface area contributed by atoms with E-state index in [4.69, 9.17) is 4.74 Å². The summed E-state index contributed by atoms with van der Waals surface area (Å²) in [7, 11) is 0. The molecular formula is C30H31NO3S. The zero-order chi connectivity index (χ0) is 24.8. The van der Waals surface area contributed by atoms with Gasteiger partial charge in [0.05, 0.1) is 12.1 Å². The standard InChI is InChI=1S/C30H31NO3S/c1-22(2)27-30(24-17-9-5-10-18-24,25-19-11-6-12-20-25)34-29(33)31(27)28(35-3)26(32)21-13-16-23-14-7-4-8-15-23/h4-12,14-15,17-20,22,26-28,32H,21H2,1-3H3/t26-,27-,28-/m0/s1. The first-order valence-corrected chi connectivity index (χ1v) is 13.1. The molecule has 1 heterocycles. The Hall–Kier alpha value is -3.20. The third-order valence-electron chi connectivity index (χ3n) is 6.37. The van der Waals surface area contributed by atoms with Crippen LogP contribution in [-0.4, -0.2) is 39.9 Å². The number of carbonyl (C=O) groups excluding carboxylic acids is 1. The van der Waals surface area contributed by atoms with Gasteiger partial charge in [-0.2, -0.15) is 0 Å². The first-order valence-electron chi connectivity index (χ1n) is 11.9. The summed E-state index contributed by atoms with van der Waals surface area (Å²) in [5.41, 5.74) is 1.74. The van der Waals surface area contributed by atoms with Crippen molar-refractivity contribution in [2.45, 2.75) is 43.4 Å². The van der Waals surface area contributed by atoms with Gasteiger partial charge in [0.25, 0.3) is 0 Å². The van der Waals surface area contributed by atoms with Gasteiger partial charge in [0.1, 0.15) is 5.37 Å². The average molecular weight is 486 g/mol. The van der Waals surface area contributed by atoms with Gasteiger partial charge in [-0.3, -0.25) is 4.90 Å². The summed E-state index contributed by atoms with van der Waals surface area (Å²) in [5.74, 6) is 6.25. The Morgan fingerprint density at radius 2 is 1.46 bits per heavy atom. The van der Waals surface area contributed by atoms with E-state index in [1.807, 2.05) is 97.3 Å². The van der Waals surface area contributed by atoms with Crippen molar-refractivity contribution in [3.63, 3.8) is 0 Å². The fraction of sp³-hybridized carbons (Fsp3) is 0.300. The van der Waals surface area contributed by atoms with Crippen LogP contribution in [0, 0.1) is 17.8 Å². The monoisotopic (exact) mass is 485 g/mol. The summed E-state index contributed by atoms with van der Waals surface area (Å²) in [6.45, 7) is 4.19. The first kappa shape index (κ1) is 24.9. The lowest BCUT2D eigenvalue weighted by atomic mass is 9.75. The molecule has 4 nitrogen and oxygen atoms in total. The van der Waals surface area contributed by atoms with Crippen molar-refractivity contribution in [1.82, 2.24) is 4.90 Å². The molecule has 1 N–H and O–H groups in total. The molecule has 1 aliphatic heterocycles. The molecule has 0 unspecified atom stereocenters. The summed E-state index contributed by atoms with van der Waals surface area (Å²) >= 11 is 1.44. The van der Waals surface area contributed by atoms with E-state index in [1.54, 1.807) is 4.90 Å². The third-order valence-corrected chi connectivity index (χ3v) is 7.40. The van der Waals surface area contributed by atoms with Crippen molar-refractivity contribution in [3.8, 4) is 11.8 Å². The minimum absolute atomic E-state index is 0.0547. The minimum atomic E-state index is -0.989. The van der Waals surface area contributed by atoms with Gasteiger partial charge in [-0.05, 0) is 24.3 Å². The Morgan fingerprint density at radius 1 is 0.943 bits per heavy atom. The van der Waals surface area contributed by atoms with Crippen LogP contribution in [0.3, 0.4) is 0 Å². The Labute approximate surface area is 212 Å². The van der Waals surface area contributed by atoms with Crippen molar-refractivity contribution in [2.24, 2.45) is 5.92 Å². The molecular weight excluding hydrogens is 454 g/mol. The van der Waals surface area contributed by atoms with E-state index in [0.717, 1.165) is 16.7 Å². The van der Waals surface area contributed by atoms with E-state index in [2.05, 4.69) is 25.7 Å². The molecule has 0 aliphatic carbocycles. The number of aliphatic hydroxyl groups excluding tert-OH is 1. The number of ether oxygens (including phenoxy) is 1. The SMILES string of the molecule is CS[C@@H]([C@@H](O)CC#Cc1ccccc1)N1C(=O)OC(c2ccccc2)(c2ccccc2)[C@@H]1C(C)C. The largest absolute Gasteiger partial charge is 0.431 e. The van der Waals surface area contributed by atoms with Crippen LogP contribution >= 0.6 is 11.8 Å². The highest BCUT2D eigenvalue weighted by atomic mass is 32.2. The van der Waals surface area contributed by atoms with Gasteiger partial charge in [-0.15, -0.1) is 11.8 Å². The van der Waals surface area contributed by atoms with Gasteiger partial charge in [0.15, 0.2) is 5.60 Å². The molecule has 1 fully saturated rings. The number of cyclic esters (lactones) is 1. The minimum Gasteiger partial charge on any atom is -0.431 e. The molecule has 3 aromatic rings. The van der Waals surface area contributed by atoms with Crippen molar-refractivity contribution >= 4 is 17.9 Å². The number of rotatable bonds is 7. The zero-order valence-corrected chi connectivity index (χ0v) is 21.1. The Bertz CT molecular complexity index is 1130. The van der Waals surface area contributed by atoms with E-state index >= 15 is 0 Å². The topological polar surface area (TPSA) is 49.8 Å². The van der Waals surface area contributed by atoms with Gasteiger partial charge >= 0.3 is 6.09 Å². The van der Waals surface area contributed by atoms with Crippen molar-refractivity contribution < 1.29 is 14.6 Å². The zero-order valence-electron chi connectivity index (χ0n) is 20.3. The van der Waals surface area contributed by atoms with Crippen LogP contribution in [0.1, 0.15) is 37.0 Å². The second-order valence-electron chi connectivity index (χ2n) is 9.00. The molecule has 1 aliphatic rings. The molecule has 0 bridgehead atoms. The fourth-order valence-corrected chi connectivity index (χ4v) is 5.80. The summed E-state index contributed by atoms with van der Waals surface area (Å²) < 4.78 is 6.34. The van der Waals surface area contributed by atoms with Gasteiger partial charge in [-0.1, -0.05) is 105 Å². The number of nitrogens with zero attached hydrogens (tertiary/aromatic N) is 1. The van der Waals surface area contributed by atoms with E-state index < -0.39 is 23.2 Å². The predicted octanol–water partition coefficient (Wildman–Crippen LogP) is 5.90. The van der Waals surface area contributed by atoms with Crippen molar-refractivity contribution in [3.05, 3.63) is 108 Å². The normalized spacial score (nSPS) is 18.5. The summed E-state index contributed by atoms with van der Waals surface area (Å²) in [6, 6.07) is 29.2. The molecule has 3 aromatic carbocycles. The van der Waals surface area contributed by atoms with E-state index in [1.165, 1.54) is 11.8 Å². The molecule has 1 amide bonds. The number of hydrogen-bond donors (Lipinski definition) is 1. The second kappa shape index (κ2) is 11.0. The molecule has 180 valence electrons. The molecule has 0 radical (unpaired) electrons. The quantitative estimate of drug-likeness (QED) is 0.424. The lowest BCUT2D eigenvalue weighted by molar-refractivity contribution is 0.0486. The number of carbonyl (C=O) groups is 1. The molecule has 0 spiro atoms. The van der Waals surface area contributed by atoms with Crippen LogP contribution in [-0.2, 0) is 10.3 Å². The molecule has 0 aromatic heterocycles. The lowest BCUT2D eigenvalue weighted by Gasteiger charge is -2.41. The average Bonchev–Trinajstić information content (AvgIpc) is 3.20. The maximum atomic E-state index is 13.6. The highest BCUT2D eigenvalue weighted by Gasteiger charge is 2.59. The number of benzene rings is 3. The van der Waals surface area contributed by atoms with Crippen molar-refractivity contribution in [2.75, 3.05) is 6.26 Å². The van der Waals surface area contributed by atoms with Crippen LogP contribution in [0.2, 0.25) is 0 Å². The highest BCUT2D eigenvalue weighted by Crippen LogP contribution is 2.49. The molecule has 3 atom stereocenters. The van der Waals surface area contributed by atoms with Crippen LogP contribution in [0.5, 0.6) is 0 Å². The number of thioether (sulfide) groups is 1. The smallest absolute Gasteiger partial charge is 0.412 e. The summed E-state index contributed by atoms with van der Waals surface area (Å²) in [6.07, 6.45) is 0.899. The van der Waals surface area contributed by atoms with Gasteiger partial charge in [0.2, 0.25) is 0 Å². The van der Waals surface area contributed by atoms with E-state index in [-0.39, 0.29) is 18.4 Å². The summed E-state index contributed by atoms with van der Waals surface area (Å²) in [4.78, 5) is 15.3. The van der Waals surface area contributed by atoms with Gasteiger partial charge < -0.3 is 9.84 Å². The highest BCUT2D eigenvalue weighted by molar-refractivity contribution is 7.99. The first-order chi connectivity index (χ1) is 17.0. The Kier molecular flexibility index (Phi) is 7.85. The lowest BCUT2D eigenvalue weighted by Crippen LogP contribution is -2.53. The number of hydrogen-bond acceptors (Lipinski definition) is 4. The van der Waals surface area contributed by atoms with Gasteiger partial charge in [0, 0.05) is 23.1 Å². The Morgan fingerprint density at radius 3 is 1.94 bits per heavy atom. The van der Waals surface area contributed by atoms with Crippen LogP contribution in [0.25, 0.3) is 0 Å². The maximum Gasteiger partial charge on any atom is 0.412 e.